The fourth-order valence-electron chi connectivity index (χ4n) is 1.62. The Morgan fingerprint density at radius 3 is 2.43 bits per heavy atom. The maximum Gasteiger partial charge on any atom is 0.326 e. The van der Waals surface area contributed by atoms with Crippen molar-refractivity contribution in [2.24, 2.45) is 0 Å². The highest BCUT2D eigenvalue weighted by molar-refractivity contribution is 5.83. The van der Waals surface area contributed by atoms with Crippen molar-refractivity contribution in [3.8, 4) is 0 Å². The van der Waals surface area contributed by atoms with Crippen molar-refractivity contribution in [3.05, 3.63) is 0 Å². The van der Waals surface area contributed by atoms with E-state index in [2.05, 4.69) is 10.1 Å². The first-order chi connectivity index (χ1) is 9.92. The Morgan fingerprint density at radius 1 is 1.24 bits per heavy atom. The molecule has 0 radical (unpaired) electrons. The fourth-order valence-corrected chi connectivity index (χ4v) is 1.62. The number of methoxy groups -OCH3 is 1. The van der Waals surface area contributed by atoms with Crippen molar-refractivity contribution in [1.82, 2.24) is 10.2 Å². The van der Waals surface area contributed by atoms with Crippen LogP contribution in [-0.2, 0) is 14.3 Å². The van der Waals surface area contributed by atoms with Gasteiger partial charge in [-0.2, -0.15) is 0 Å². The summed E-state index contributed by atoms with van der Waals surface area (Å²) in [5, 5.41) is 20.0. The molecule has 0 saturated carbocycles. The monoisotopic (exact) mass is 304 g/mol. The van der Waals surface area contributed by atoms with Gasteiger partial charge >= 0.3 is 18.0 Å². The molecule has 0 unspecified atom stereocenters. The van der Waals surface area contributed by atoms with Crippen LogP contribution in [0.5, 0.6) is 0 Å². The van der Waals surface area contributed by atoms with Crippen molar-refractivity contribution in [1.29, 1.82) is 0 Å². The Labute approximate surface area is 124 Å². The highest BCUT2D eigenvalue weighted by Gasteiger charge is 2.22. The molecule has 0 aliphatic rings. The topological polar surface area (TPSA) is 116 Å². The molecule has 0 aliphatic carbocycles. The maximum absolute atomic E-state index is 11.8. The second-order valence-corrected chi connectivity index (χ2v) is 4.66. The van der Waals surface area contributed by atoms with Crippen LogP contribution in [0.1, 0.15) is 32.1 Å². The van der Waals surface area contributed by atoms with Gasteiger partial charge < -0.3 is 25.2 Å². The van der Waals surface area contributed by atoms with Crippen LogP contribution in [0.15, 0.2) is 0 Å². The number of amides is 2. The molecule has 122 valence electrons. The molecule has 2 amide bonds. The molecule has 0 heterocycles. The summed E-state index contributed by atoms with van der Waals surface area (Å²) in [6, 6.07) is -1.63. The lowest BCUT2D eigenvalue weighted by Crippen LogP contribution is -2.47. The molecule has 0 saturated heterocycles. The lowest BCUT2D eigenvalue weighted by atomic mass is 10.1. The van der Waals surface area contributed by atoms with E-state index in [0.29, 0.717) is 13.0 Å². The van der Waals surface area contributed by atoms with E-state index >= 15 is 0 Å². The van der Waals surface area contributed by atoms with E-state index in [1.807, 2.05) is 0 Å². The third-order valence-corrected chi connectivity index (χ3v) is 2.96. The number of ether oxygens (including phenoxy) is 1. The molecule has 8 heteroatoms. The highest BCUT2D eigenvalue weighted by atomic mass is 16.5. The number of carbonyl (C=O) groups is 3. The fraction of sp³-hybridized carbons (Fsp3) is 0.769. The minimum atomic E-state index is -1.19. The third kappa shape index (κ3) is 8.85. The van der Waals surface area contributed by atoms with Gasteiger partial charge in [0.05, 0.1) is 7.11 Å². The first-order valence-corrected chi connectivity index (χ1v) is 6.84. The van der Waals surface area contributed by atoms with Crippen LogP contribution in [0.25, 0.3) is 0 Å². The second kappa shape index (κ2) is 10.9. The van der Waals surface area contributed by atoms with Gasteiger partial charge in [-0.3, -0.25) is 4.79 Å². The van der Waals surface area contributed by atoms with Crippen LogP contribution in [0.2, 0.25) is 0 Å². The quantitative estimate of drug-likeness (QED) is 0.392. The SMILES string of the molecule is COC(=O)CC[C@H](NC(=O)N(C)CCCCCO)C(=O)O. The molecule has 21 heavy (non-hydrogen) atoms. The Morgan fingerprint density at radius 2 is 1.90 bits per heavy atom. The average Bonchev–Trinajstić information content (AvgIpc) is 2.46. The van der Waals surface area contributed by atoms with Crippen LogP contribution in [0, 0.1) is 0 Å². The molecular weight excluding hydrogens is 280 g/mol. The number of nitrogens with one attached hydrogen (secondary N) is 1. The van der Waals surface area contributed by atoms with Crippen molar-refractivity contribution in [3.63, 3.8) is 0 Å². The number of unbranched alkanes of at least 4 members (excludes halogenated alkanes) is 2. The number of aliphatic hydroxyl groups excluding tert-OH is 1. The summed E-state index contributed by atoms with van der Waals surface area (Å²) < 4.78 is 4.43. The Hall–Kier alpha value is -1.83. The van der Waals surface area contributed by atoms with Gasteiger partial charge in [-0.1, -0.05) is 0 Å². The van der Waals surface area contributed by atoms with Crippen LogP contribution in [-0.4, -0.2) is 66.4 Å². The first kappa shape index (κ1) is 19.2. The standard InChI is InChI=1S/C13H24N2O6/c1-15(8-4-3-5-9-16)13(20)14-10(12(18)19)6-7-11(17)21-2/h10,16H,3-9H2,1-2H3,(H,14,20)(H,18,19)/t10-/m0/s1. The molecular formula is C13H24N2O6. The lowest BCUT2D eigenvalue weighted by Gasteiger charge is -2.21. The zero-order valence-electron chi connectivity index (χ0n) is 12.5. The number of carboxylic acid groups (broad SMARTS) is 1. The minimum Gasteiger partial charge on any atom is -0.480 e. The van der Waals surface area contributed by atoms with Crippen LogP contribution in [0.4, 0.5) is 4.79 Å². The molecule has 3 N–H and O–H groups in total. The number of nitrogens with zero attached hydrogens (tertiary/aromatic N) is 1. The van der Waals surface area contributed by atoms with Crippen molar-refractivity contribution in [2.45, 2.75) is 38.1 Å². The van der Waals surface area contributed by atoms with Gasteiger partial charge in [-0.15, -0.1) is 0 Å². The Kier molecular flexibility index (Phi) is 9.95. The number of hydrogen-bond acceptors (Lipinski definition) is 5. The van der Waals surface area contributed by atoms with Crippen molar-refractivity contribution in [2.75, 3.05) is 27.3 Å². The molecule has 0 bridgehead atoms. The zero-order chi connectivity index (χ0) is 16.3. The summed E-state index contributed by atoms with van der Waals surface area (Å²) in [4.78, 5) is 35.2. The van der Waals surface area contributed by atoms with Gasteiger partial charge in [-0.25, -0.2) is 9.59 Å². The average molecular weight is 304 g/mol. The molecule has 0 spiro atoms. The van der Waals surface area contributed by atoms with E-state index in [1.54, 1.807) is 7.05 Å². The number of carboxylic acids is 1. The number of esters is 1. The van der Waals surface area contributed by atoms with Crippen molar-refractivity contribution < 1.29 is 29.3 Å². The Bertz CT molecular complexity index is 348. The third-order valence-electron chi connectivity index (χ3n) is 2.96. The smallest absolute Gasteiger partial charge is 0.326 e. The number of urea groups is 1. The summed E-state index contributed by atoms with van der Waals surface area (Å²) in [7, 11) is 2.78. The largest absolute Gasteiger partial charge is 0.480 e. The van der Waals surface area contributed by atoms with Gasteiger partial charge in [0.25, 0.3) is 0 Å². The van der Waals surface area contributed by atoms with Gasteiger partial charge in [0.15, 0.2) is 0 Å². The predicted octanol–water partition coefficient (Wildman–Crippen LogP) is 0.197. The van der Waals surface area contributed by atoms with Crippen LogP contribution >= 0.6 is 0 Å². The van der Waals surface area contributed by atoms with Gasteiger partial charge in [0.1, 0.15) is 6.04 Å². The normalized spacial score (nSPS) is 11.6. The Balaban J connectivity index is 4.20. The van der Waals surface area contributed by atoms with Gasteiger partial charge in [0.2, 0.25) is 0 Å². The van der Waals surface area contributed by atoms with E-state index in [1.165, 1.54) is 12.0 Å². The summed E-state index contributed by atoms with van der Waals surface area (Å²) in [5.74, 6) is -1.71. The summed E-state index contributed by atoms with van der Waals surface area (Å²) in [6.45, 7) is 0.583. The number of carbonyl (C=O) groups excluding carboxylic acids is 2. The first-order valence-electron chi connectivity index (χ1n) is 6.84. The number of hydrogen-bond donors (Lipinski definition) is 3. The molecule has 0 rings (SSSR count). The van der Waals surface area contributed by atoms with E-state index in [-0.39, 0.29) is 19.4 Å². The zero-order valence-corrected chi connectivity index (χ0v) is 12.5. The molecule has 0 fully saturated rings. The van der Waals surface area contributed by atoms with E-state index in [9.17, 15) is 14.4 Å². The summed E-state index contributed by atoms with van der Waals surface area (Å²) in [5.41, 5.74) is 0. The summed E-state index contributed by atoms with van der Waals surface area (Å²) >= 11 is 0. The van der Waals surface area contributed by atoms with E-state index < -0.39 is 24.0 Å². The number of aliphatic carboxylic acids is 1. The van der Waals surface area contributed by atoms with Gasteiger partial charge in [-0.05, 0) is 25.7 Å². The molecule has 8 nitrogen and oxygen atoms in total. The predicted molar refractivity (Wildman–Crippen MR) is 74.8 cm³/mol. The molecule has 0 aromatic carbocycles. The molecule has 1 atom stereocenters. The highest BCUT2D eigenvalue weighted by Crippen LogP contribution is 2.02. The molecule has 0 aromatic rings. The molecule has 0 aromatic heterocycles. The van der Waals surface area contributed by atoms with Crippen molar-refractivity contribution >= 4 is 18.0 Å². The minimum absolute atomic E-state index is 0.0217. The van der Waals surface area contributed by atoms with E-state index in [4.69, 9.17) is 10.2 Å². The second-order valence-electron chi connectivity index (χ2n) is 4.66. The lowest BCUT2D eigenvalue weighted by molar-refractivity contribution is -0.142. The van der Waals surface area contributed by atoms with E-state index in [0.717, 1.165) is 12.8 Å². The number of aliphatic hydroxyl groups is 1. The summed E-state index contributed by atoms with van der Waals surface area (Å²) in [6.07, 6.45) is 2.09. The maximum atomic E-state index is 11.8. The molecule has 0 aliphatic heterocycles. The van der Waals surface area contributed by atoms with Crippen LogP contribution in [0.3, 0.4) is 0 Å². The van der Waals surface area contributed by atoms with Gasteiger partial charge in [0, 0.05) is 26.6 Å². The number of rotatable bonds is 10. The van der Waals surface area contributed by atoms with Crippen LogP contribution < -0.4 is 5.32 Å².